The lowest BCUT2D eigenvalue weighted by Gasteiger charge is -2.09. The van der Waals surface area contributed by atoms with Crippen LogP contribution in [0.3, 0.4) is 0 Å². The predicted molar refractivity (Wildman–Crippen MR) is 69.3 cm³/mol. The molecular formula is C14H16N2O. The standard InChI is InChI=1S/C14H16N2O/c1-11-10-13(17)5-6-14(11)16-9-7-12-4-2-3-8-15-12/h2-6,8,10,16-17H,7,9H2,1H3. The Hall–Kier alpha value is -2.03. The Morgan fingerprint density at radius 1 is 1.24 bits per heavy atom. The van der Waals surface area contributed by atoms with Gasteiger partial charge in [-0.2, -0.15) is 0 Å². The van der Waals surface area contributed by atoms with Crippen molar-refractivity contribution in [2.24, 2.45) is 0 Å². The first-order valence-corrected chi connectivity index (χ1v) is 5.69. The number of benzene rings is 1. The summed E-state index contributed by atoms with van der Waals surface area (Å²) in [4.78, 5) is 4.27. The second-order valence-electron chi connectivity index (χ2n) is 4.00. The van der Waals surface area contributed by atoms with Gasteiger partial charge in [0.25, 0.3) is 0 Å². The van der Waals surface area contributed by atoms with Gasteiger partial charge in [-0.15, -0.1) is 0 Å². The molecule has 0 saturated heterocycles. The van der Waals surface area contributed by atoms with E-state index in [-0.39, 0.29) is 0 Å². The third-order valence-electron chi connectivity index (χ3n) is 2.63. The van der Waals surface area contributed by atoms with Crippen LogP contribution in [0.1, 0.15) is 11.3 Å². The molecule has 0 unspecified atom stereocenters. The number of rotatable bonds is 4. The number of nitrogens with zero attached hydrogens (tertiary/aromatic N) is 1. The van der Waals surface area contributed by atoms with Gasteiger partial charge in [-0.3, -0.25) is 4.98 Å². The monoisotopic (exact) mass is 228 g/mol. The molecule has 0 saturated carbocycles. The van der Waals surface area contributed by atoms with E-state index in [2.05, 4.69) is 10.3 Å². The lowest BCUT2D eigenvalue weighted by atomic mass is 10.2. The summed E-state index contributed by atoms with van der Waals surface area (Å²) < 4.78 is 0. The van der Waals surface area contributed by atoms with Crippen LogP contribution >= 0.6 is 0 Å². The highest BCUT2D eigenvalue weighted by molar-refractivity contribution is 5.53. The number of nitrogens with one attached hydrogen (secondary N) is 1. The number of pyridine rings is 1. The Kier molecular flexibility index (Phi) is 3.60. The molecular weight excluding hydrogens is 212 g/mol. The quantitative estimate of drug-likeness (QED) is 0.791. The SMILES string of the molecule is Cc1cc(O)ccc1NCCc1ccccn1. The lowest BCUT2D eigenvalue weighted by molar-refractivity contribution is 0.475. The Bertz CT molecular complexity index is 483. The molecule has 0 aliphatic heterocycles. The molecule has 0 aliphatic rings. The summed E-state index contributed by atoms with van der Waals surface area (Å²) in [6.45, 7) is 2.81. The minimum atomic E-state index is 0.303. The Morgan fingerprint density at radius 2 is 2.12 bits per heavy atom. The molecule has 3 nitrogen and oxygen atoms in total. The normalized spacial score (nSPS) is 10.2. The number of aromatic hydroxyl groups is 1. The maximum absolute atomic E-state index is 9.30. The molecule has 88 valence electrons. The average molecular weight is 228 g/mol. The lowest BCUT2D eigenvalue weighted by Crippen LogP contribution is -2.06. The fourth-order valence-corrected chi connectivity index (χ4v) is 1.72. The van der Waals surface area contributed by atoms with Gasteiger partial charge in [-0.1, -0.05) is 6.07 Å². The molecule has 2 N–H and O–H groups in total. The Labute approximate surface area is 101 Å². The van der Waals surface area contributed by atoms with Crippen LogP contribution < -0.4 is 5.32 Å². The van der Waals surface area contributed by atoms with Crippen LogP contribution in [-0.4, -0.2) is 16.6 Å². The minimum Gasteiger partial charge on any atom is -0.508 e. The van der Waals surface area contributed by atoms with Crippen molar-refractivity contribution in [3.63, 3.8) is 0 Å². The third kappa shape index (κ3) is 3.21. The van der Waals surface area contributed by atoms with Gasteiger partial charge >= 0.3 is 0 Å². The summed E-state index contributed by atoms with van der Waals surface area (Å²) in [5.41, 5.74) is 3.18. The number of anilines is 1. The van der Waals surface area contributed by atoms with Crippen LogP contribution in [0, 0.1) is 6.92 Å². The van der Waals surface area contributed by atoms with Crippen molar-refractivity contribution in [2.45, 2.75) is 13.3 Å². The third-order valence-corrected chi connectivity index (χ3v) is 2.63. The zero-order valence-electron chi connectivity index (χ0n) is 9.85. The summed E-state index contributed by atoms with van der Waals surface area (Å²) in [7, 11) is 0. The second kappa shape index (κ2) is 5.34. The van der Waals surface area contributed by atoms with Crippen molar-refractivity contribution in [3.05, 3.63) is 53.9 Å². The molecule has 1 heterocycles. The maximum atomic E-state index is 9.30. The Morgan fingerprint density at radius 3 is 2.82 bits per heavy atom. The van der Waals surface area contributed by atoms with Crippen molar-refractivity contribution in [3.8, 4) is 5.75 Å². The van der Waals surface area contributed by atoms with E-state index in [9.17, 15) is 5.11 Å². The second-order valence-corrected chi connectivity index (χ2v) is 4.00. The van der Waals surface area contributed by atoms with E-state index in [1.165, 1.54) is 0 Å². The topological polar surface area (TPSA) is 45.1 Å². The van der Waals surface area contributed by atoms with Crippen molar-refractivity contribution in [1.29, 1.82) is 0 Å². The maximum Gasteiger partial charge on any atom is 0.115 e. The van der Waals surface area contributed by atoms with Crippen molar-refractivity contribution < 1.29 is 5.11 Å². The van der Waals surface area contributed by atoms with Crippen LogP contribution in [0.15, 0.2) is 42.6 Å². The fourth-order valence-electron chi connectivity index (χ4n) is 1.72. The summed E-state index contributed by atoms with van der Waals surface area (Å²) in [5.74, 6) is 0.303. The van der Waals surface area contributed by atoms with Gasteiger partial charge in [-0.25, -0.2) is 0 Å². The number of phenols is 1. The molecule has 0 amide bonds. The zero-order chi connectivity index (χ0) is 12.1. The first-order chi connectivity index (χ1) is 8.25. The van der Waals surface area contributed by atoms with Gasteiger partial charge in [0.1, 0.15) is 5.75 Å². The highest BCUT2D eigenvalue weighted by atomic mass is 16.3. The molecule has 0 aliphatic carbocycles. The van der Waals surface area contributed by atoms with Gasteiger partial charge < -0.3 is 10.4 Å². The number of hydrogen-bond donors (Lipinski definition) is 2. The average Bonchev–Trinajstić information content (AvgIpc) is 2.33. The van der Waals surface area contributed by atoms with Gasteiger partial charge in [0, 0.05) is 30.5 Å². The molecule has 17 heavy (non-hydrogen) atoms. The van der Waals surface area contributed by atoms with Crippen LogP contribution in [0.5, 0.6) is 5.75 Å². The molecule has 0 atom stereocenters. The van der Waals surface area contributed by atoms with E-state index >= 15 is 0 Å². The molecule has 0 spiro atoms. The van der Waals surface area contributed by atoms with Crippen molar-refractivity contribution in [1.82, 2.24) is 4.98 Å². The Balaban J connectivity index is 1.90. The van der Waals surface area contributed by atoms with E-state index in [1.54, 1.807) is 18.3 Å². The molecule has 0 radical (unpaired) electrons. The van der Waals surface area contributed by atoms with E-state index in [0.29, 0.717) is 5.75 Å². The van der Waals surface area contributed by atoms with E-state index in [1.807, 2.05) is 31.2 Å². The van der Waals surface area contributed by atoms with Gasteiger partial charge in [-0.05, 0) is 42.8 Å². The summed E-state index contributed by atoms with van der Waals surface area (Å²) in [6, 6.07) is 11.3. The van der Waals surface area contributed by atoms with Crippen LogP contribution in [0.4, 0.5) is 5.69 Å². The predicted octanol–water partition coefficient (Wildman–Crippen LogP) is 2.75. The number of phenolic OH excluding ortho intramolecular Hbond substituents is 1. The van der Waals surface area contributed by atoms with Crippen molar-refractivity contribution in [2.75, 3.05) is 11.9 Å². The molecule has 1 aromatic carbocycles. The number of aromatic nitrogens is 1. The smallest absolute Gasteiger partial charge is 0.115 e. The summed E-state index contributed by atoms with van der Waals surface area (Å²) in [5, 5.41) is 12.6. The zero-order valence-corrected chi connectivity index (χ0v) is 9.85. The minimum absolute atomic E-state index is 0.303. The largest absolute Gasteiger partial charge is 0.508 e. The molecule has 1 aromatic heterocycles. The number of hydrogen-bond acceptors (Lipinski definition) is 3. The van der Waals surface area contributed by atoms with Gasteiger partial charge in [0.05, 0.1) is 0 Å². The molecule has 2 rings (SSSR count). The molecule has 0 fully saturated rings. The molecule has 2 aromatic rings. The number of aryl methyl sites for hydroxylation is 1. The van der Waals surface area contributed by atoms with Gasteiger partial charge in [0.2, 0.25) is 0 Å². The fraction of sp³-hybridized carbons (Fsp3) is 0.214. The van der Waals surface area contributed by atoms with Crippen molar-refractivity contribution >= 4 is 5.69 Å². The van der Waals surface area contributed by atoms with E-state index < -0.39 is 0 Å². The molecule has 3 heteroatoms. The summed E-state index contributed by atoms with van der Waals surface area (Å²) in [6.07, 6.45) is 2.70. The van der Waals surface area contributed by atoms with Crippen LogP contribution in [0.25, 0.3) is 0 Å². The van der Waals surface area contributed by atoms with Crippen LogP contribution in [-0.2, 0) is 6.42 Å². The summed E-state index contributed by atoms with van der Waals surface area (Å²) >= 11 is 0. The van der Waals surface area contributed by atoms with Crippen LogP contribution in [0.2, 0.25) is 0 Å². The first-order valence-electron chi connectivity index (χ1n) is 5.69. The molecule has 0 bridgehead atoms. The first kappa shape index (κ1) is 11.5. The highest BCUT2D eigenvalue weighted by Crippen LogP contribution is 2.19. The van der Waals surface area contributed by atoms with E-state index in [0.717, 1.165) is 29.9 Å². The van der Waals surface area contributed by atoms with Gasteiger partial charge in [0.15, 0.2) is 0 Å². The highest BCUT2D eigenvalue weighted by Gasteiger charge is 1.99. The van der Waals surface area contributed by atoms with E-state index in [4.69, 9.17) is 0 Å².